The van der Waals surface area contributed by atoms with Crippen molar-refractivity contribution in [3.05, 3.63) is 77.9 Å². The van der Waals surface area contributed by atoms with Crippen LogP contribution >= 0.6 is 0 Å². The van der Waals surface area contributed by atoms with Crippen LogP contribution in [0, 0.1) is 5.82 Å². The molecule has 0 amide bonds. The largest absolute Gasteiger partial charge is 0.352 e. The first kappa shape index (κ1) is 23.5. The Morgan fingerprint density at radius 1 is 1.03 bits per heavy atom. The third-order valence-corrected chi connectivity index (χ3v) is 7.27. The number of pyridine rings is 1. The average Bonchev–Trinajstić information content (AvgIpc) is 3.51. The number of sulfonamides is 1. The van der Waals surface area contributed by atoms with Crippen LogP contribution in [-0.2, 0) is 16.6 Å². The van der Waals surface area contributed by atoms with E-state index in [2.05, 4.69) is 54.5 Å². The molecule has 1 aliphatic rings. The molecule has 6 rings (SSSR count). The van der Waals surface area contributed by atoms with Crippen LogP contribution in [0.15, 0.2) is 60.9 Å². The Morgan fingerprint density at radius 2 is 1.92 bits per heavy atom. The molecule has 0 atom stereocenters. The van der Waals surface area contributed by atoms with Crippen molar-refractivity contribution in [2.75, 3.05) is 19.3 Å². The van der Waals surface area contributed by atoms with Gasteiger partial charge in [-0.3, -0.25) is 10.1 Å². The Labute approximate surface area is 213 Å². The smallest absolute Gasteiger partial charge is 0.209 e. The highest BCUT2D eigenvalue weighted by molar-refractivity contribution is 7.88. The van der Waals surface area contributed by atoms with Crippen molar-refractivity contribution in [2.45, 2.75) is 13.0 Å². The van der Waals surface area contributed by atoms with E-state index in [0.29, 0.717) is 11.1 Å². The molecule has 188 valence electrons. The van der Waals surface area contributed by atoms with Crippen molar-refractivity contribution in [1.29, 1.82) is 0 Å². The zero-order valence-electron chi connectivity index (χ0n) is 20.1. The molecule has 8 nitrogen and oxygen atoms in total. The quantitative estimate of drug-likeness (QED) is 0.268. The Hall–Kier alpha value is -3.86. The van der Waals surface area contributed by atoms with Gasteiger partial charge in [0.1, 0.15) is 11.5 Å². The van der Waals surface area contributed by atoms with Crippen LogP contribution in [0.5, 0.6) is 0 Å². The second kappa shape index (κ2) is 9.22. The molecule has 0 bridgehead atoms. The summed E-state index contributed by atoms with van der Waals surface area (Å²) in [6, 6.07) is 12.9. The van der Waals surface area contributed by atoms with E-state index in [1.54, 1.807) is 18.5 Å². The van der Waals surface area contributed by atoms with Crippen LogP contribution in [0.3, 0.4) is 0 Å². The number of nitrogens with one attached hydrogen (secondary N) is 4. The van der Waals surface area contributed by atoms with Gasteiger partial charge >= 0.3 is 0 Å². The fourth-order valence-electron chi connectivity index (χ4n) is 4.83. The van der Waals surface area contributed by atoms with Crippen LogP contribution in [0.2, 0.25) is 0 Å². The summed E-state index contributed by atoms with van der Waals surface area (Å²) < 4.78 is 39.9. The minimum Gasteiger partial charge on any atom is -0.352 e. The molecular weight excluding hydrogens is 491 g/mol. The third-order valence-electron chi connectivity index (χ3n) is 6.61. The minimum absolute atomic E-state index is 0.000521. The van der Waals surface area contributed by atoms with E-state index in [0.717, 1.165) is 64.5 Å². The maximum absolute atomic E-state index is 14.5. The summed E-state index contributed by atoms with van der Waals surface area (Å²) >= 11 is 0. The van der Waals surface area contributed by atoms with Gasteiger partial charge in [-0.1, -0.05) is 12.1 Å². The van der Waals surface area contributed by atoms with Crippen LogP contribution in [0.4, 0.5) is 4.39 Å². The first-order valence-electron chi connectivity index (χ1n) is 11.9. The van der Waals surface area contributed by atoms with E-state index in [4.69, 9.17) is 0 Å². The number of nitrogens with zero attached hydrogens (tertiary/aromatic N) is 2. The zero-order valence-corrected chi connectivity index (χ0v) is 20.9. The molecule has 0 fully saturated rings. The zero-order chi connectivity index (χ0) is 25.6. The van der Waals surface area contributed by atoms with E-state index in [-0.39, 0.29) is 6.54 Å². The highest BCUT2D eigenvalue weighted by atomic mass is 32.2. The van der Waals surface area contributed by atoms with Crippen molar-refractivity contribution >= 4 is 37.4 Å². The molecule has 3 aromatic heterocycles. The van der Waals surface area contributed by atoms with Crippen molar-refractivity contribution < 1.29 is 12.8 Å². The summed E-state index contributed by atoms with van der Waals surface area (Å²) in [5, 5.41) is 12.9. The molecule has 4 heterocycles. The van der Waals surface area contributed by atoms with Crippen molar-refractivity contribution in [1.82, 2.24) is 30.2 Å². The van der Waals surface area contributed by atoms with E-state index in [1.807, 2.05) is 6.07 Å². The number of benzene rings is 2. The lowest BCUT2D eigenvalue weighted by Gasteiger charge is -2.14. The standard InChI is InChI=1S/C27H25FN6O2S/c1-37(35,36)31-13-16-8-19(10-20(28)9-16)23-14-30-15-26-21(23)12-25(32-26)27-22-11-18(2-3-24(22)33-34-27)17-4-6-29-7-5-17/h2-4,8-12,14-15,29,31-32H,5-7,13H2,1H3,(H,33,34). The van der Waals surface area contributed by atoms with Crippen molar-refractivity contribution in [3.8, 4) is 22.5 Å². The van der Waals surface area contributed by atoms with Crippen molar-refractivity contribution in [2.24, 2.45) is 0 Å². The van der Waals surface area contributed by atoms with Crippen LogP contribution in [-0.4, -0.2) is 47.9 Å². The molecule has 10 heteroatoms. The van der Waals surface area contributed by atoms with E-state index in [9.17, 15) is 12.8 Å². The monoisotopic (exact) mass is 516 g/mol. The minimum atomic E-state index is -3.40. The number of hydrogen-bond acceptors (Lipinski definition) is 5. The maximum atomic E-state index is 14.5. The summed E-state index contributed by atoms with van der Waals surface area (Å²) in [4.78, 5) is 7.78. The van der Waals surface area contributed by atoms with E-state index < -0.39 is 15.8 Å². The fourth-order valence-corrected chi connectivity index (χ4v) is 5.26. The summed E-state index contributed by atoms with van der Waals surface area (Å²) in [6.45, 7) is 1.83. The number of halogens is 1. The topological polar surface area (TPSA) is 116 Å². The van der Waals surface area contributed by atoms with Crippen LogP contribution < -0.4 is 10.0 Å². The SMILES string of the molecule is CS(=O)(=O)NCc1cc(F)cc(-c2cncc3[nH]c(-c4n[nH]c5ccc(C6=CCNCC6)cc45)cc23)c1. The third kappa shape index (κ3) is 4.78. The predicted octanol–water partition coefficient (Wildman–Crippen LogP) is 4.34. The number of hydrogen-bond donors (Lipinski definition) is 4. The molecule has 0 radical (unpaired) electrons. The van der Waals surface area contributed by atoms with Gasteiger partial charge in [0, 0.05) is 35.6 Å². The molecule has 0 spiro atoms. The highest BCUT2D eigenvalue weighted by Crippen LogP contribution is 2.35. The first-order chi connectivity index (χ1) is 17.8. The Balaban J connectivity index is 1.42. The summed E-state index contributed by atoms with van der Waals surface area (Å²) in [7, 11) is -3.40. The van der Waals surface area contributed by atoms with Gasteiger partial charge in [-0.15, -0.1) is 0 Å². The molecule has 37 heavy (non-hydrogen) atoms. The summed E-state index contributed by atoms with van der Waals surface area (Å²) in [6.07, 6.45) is 7.70. The summed E-state index contributed by atoms with van der Waals surface area (Å²) in [5.41, 5.74) is 7.73. The second-order valence-electron chi connectivity index (χ2n) is 9.29. The molecule has 4 N–H and O–H groups in total. The second-order valence-corrected chi connectivity index (χ2v) is 11.1. The molecule has 0 saturated heterocycles. The number of H-pyrrole nitrogens is 2. The molecule has 0 unspecified atom stereocenters. The van der Waals surface area contributed by atoms with Gasteiger partial charge < -0.3 is 10.3 Å². The Morgan fingerprint density at radius 3 is 2.73 bits per heavy atom. The van der Waals surface area contributed by atoms with Crippen LogP contribution in [0.1, 0.15) is 17.5 Å². The van der Waals surface area contributed by atoms with Crippen LogP contribution in [0.25, 0.3) is 49.9 Å². The van der Waals surface area contributed by atoms with E-state index in [1.165, 1.54) is 23.3 Å². The van der Waals surface area contributed by atoms with Gasteiger partial charge in [0.05, 0.1) is 29.2 Å². The van der Waals surface area contributed by atoms with Gasteiger partial charge in [0.25, 0.3) is 0 Å². The van der Waals surface area contributed by atoms with E-state index >= 15 is 0 Å². The van der Waals surface area contributed by atoms with Gasteiger partial charge in [-0.2, -0.15) is 5.10 Å². The lowest BCUT2D eigenvalue weighted by Crippen LogP contribution is -2.21. The molecule has 0 aliphatic carbocycles. The highest BCUT2D eigenvalue weighted by Gasteiger charge is 2.16. The van der Waals surface area contributed by atoms with Gasteiger partial charge in [-0.05, 0) is 71.6 Å². The lowest BCUT2D eigenvalue weighted by atomic mass is 9.98. The molecule has 2 aromatic carbocycles. The summed E-state index contributed by atoms with van der Waals surface area (Å²) in [5.74, 6) is -0.450. The molecular formula is C27H25FN6O2S. The molecule has 5 aromatic rings. The number of rotatable bonds is 6. The molecule has 0 saturated carbocycles. The van der Waals surface area contributed by atoms with Gasteiger partial charge in [0.15, 0.2) is 0 Å². The average molecular weight is 517 g/mol. The Kier molecular flexibility index (Phi) is 5.86. The van der Waals surface area contributed by atoms with Gasteiger partial charge in [-0.25, -0.2) is 17.5 Å². The first-order valence-corrected chi connectivity index (χ1v) is 13.8. The fraction of sp³-hybridized carbons (Fsp3) is 0.185. The maximum Gasteiger partial charge on any atom is 0.209 e. The number of aromatic amines is 2. The van der Waals surface area contributed by atoms with Gasteiger partial charge in [0.2, 0.25) is 10.0 Å². The normalized spacial score (nSPS) is 14.4. The predicted molar refractivity (Wildman–Crippen MR) is 144 cm³/mol. The number of fused-ring (bicyclic) bond motifs is 2. The number of aromatic nitrogens is 4. The molecule has 1 aliphatic heterocycles. The van der Waals surface area contributed by atoms with Crippen molar-refractivity contribution in [3.63, 3.8) is 0 Å². The lowest BCUT2D eigenvalue weighted by molar-refractivity contribution is 0.586. The Bertz CT molecular complexity index is 1790.